The lowest BCUT2D eigenvalue weighted by Crippen LogP contribution is -2.51. The third-order valence-electron chi connectivity index (χ3n) is 6.10. The minimum Gasteiger partial charge on any atom is -0.469 e. The van der Waals surface area contributed by atoms with Crippen LogP contribution in [-0.4, -0.2) is 55.3 Å². The van der Waals surface area contributed by atoms with Gasteiger partial charge in [0.05, 0.1) is 27.1 Å². The van der Waals surface area contributed by atoms with E-state index in [0.717, 1.165) is 24.0 Å². The van der Waals surface area contributed by atoms with Gasteiger partial charge in [0, 0.05) is 24.1 Å². The number of likely N-dealkylation sites (tertiary alicyclic amines) is 1. The highest BCUT2D eigenvalue weighted by Gasteiger charge is 2.53. The van der Waals surface area contributed by atoms with Crippen molar-refractivity contribution in [2.75, 3.05) is 20.8 Å². The molecule has 0 aromatic heterocycles. The molecule has 2 aliphatic rings. The fourth-order valence-electron chi connectivity index (χ4n) is 4.63. The van der Waals surface area contributed by atoms with Gasteiger partial charge in [0.25, 0.3) is 0 Å². The minimum atomic E-state index is -1.01. The molecular weight excluding hydrogens is 398 g/mol. The number of carbonyl (C=O) groups excluding carboxylic acids is 3. The lowest BCUT2D eigenvalue weighted by atomic mass is 9.72. The Hall–Kier alpha value is -3.01. The van der Waals surface area contributed by atoms with Crippen LogP contribution in [0.2, 0.25) is 0 Å². The third kappa shape index (κ3) is 5.19. The summed E-state index contributed by atoms with van der Waals surface area (Å²) < 4.78 is 15.6. The molecule has 1 saturated heterocycles. The van der Waals surface area contributed by atoms with Crippen LogP contribution >= 0.6 is 0 Å². The largest absolute Gasteiger partial charge is 0.469 e. The van der Waals surface area contributed by atoms with Crippen molar-refractivity contribution in [1.29, 1.82) is 0 Å². The number of aryl methyl sites for hydroxylation is 1. The number of amides is 1. The molecule has 1 aliphatic heterocycles. The molecule has 31 heavy (non-hydrogen) atoms. The summed E-state index contributed by atoms with van der Waals surface area (Å²) in [6, 6.07) is 7.74. The van der Waals surface area contributed by atoms with Gasteiger partial charge < -0.3 is 19.1 Å². The predicted molar refractivity (Wildman–Crippen MR) is 113 cm³/mol. The van der Waals surface area contributed by atoms with Gasteiger partial charge in [-0.1, -0.05) is 18.1 Å². The molecule has 3 rings (SSSR count). The summed E-state index contributed by atoms with van der Waals surface area (Å²) in [5.74, 6) is 5.41. The van der Waals surface area contributed by atoms with Crippen LogP contribution in [0.1, 0.15) is 49.7 Å². The lowest BCUT2D eigenvalue weighted by molar-refractivity contribution is -0.164. The highest BCUT2D eigenvalue weighted by atomic mass is 16.6. The zero-order valence-electron chi connectivity index (χ0n) is 18.3. The number of nitrogens with zero attached hydrogens (tertiary/aromatic N) is 1. The first-order valence-corrected chi connectivity index (χ1v) is 10.6. The first-order valence-electron chi connectivity index (χ1n) is 10.6. The summed E-state index contributed by atoms with van der Waals surface area (Å²) in [4.78, 5) is 38.1. The highest BCUT2D eigenvalue weighted by molar-refractivity contribution is 5.78. The third-order valence-corrected chi connectivity index (χ3v) is 6.10. The van der Waals surface area contributed by atoms with Gasteiger partial charge in [-0.05, 0) is 56.2 Å². The molecule has 1 saturated carbocycles. The maximum absolute atomic E-state index is 12.7. The summed E-state index contributed by atoms with van der Waals surface area (Å²) in [6.07, 6.45) is 2.36. The maximum atomic E-state index is 12.7. The number of ether oxygens (including phenoxy) is 3. The average molecular weight is 427 g/mol. The Morgan fingerprint density at radius 3 is 2.61 bits per heavy atom. The summed E-state index contributed by atoms with van der Waals surface area (Å²) in [5.41, 5.74) is 0.924. The Bertz CT molecular complexity index is 901. The molecule has 1 amide bonds. The maximum Gasteiger partial charge on any atom is 0.409 e. The van der Waals surface area contributed by atoms with Crippen LogP contribution in [0, 0.1) is 24.7 Å². The van der Waals surface area contributed by atoms with Crippen molar-refractivity contribution < 1.29 is 28.6 Å². The van der Waals surface area contributed by atoms with Gasteiger partial charge in [-0.2, -0.15) is 0 Å². The number of benzene rings is 1. The Labute approximate surface area is 183 Å². The molecule has 166 valence electrons. The summed E-state index contributed by atoms with van der Waals surface area (Å²) in [6.45, 7) is 2.53. The molecule has 1 aromatic carbocycles. The molecular formula is C24H29NO6. The van der Waals surface area contributed by atoms with Crippen LogP contribution in [0.3, 0.4) is 0 Å². The topological polar surface area (TPSA) is 82.1 Å². The van der Waals surface area contributed by atoms with E-state index in [2.05, 4.69) is 16.6 Å². The average Bonchev–Trinajstić information content (AvgIpc) is 3.21. The second kappa shape index (κ2) is 9.86. The predicted octanol–water partition coefficient (Wildman–Crippen LogP) is 3.22. The van der Waals surface area contributed by atoms with Crippen LogP contribution in [0.4, 0.5) is 4.79 Å². The van der Waals surface area contributed by atoms with Crippen molar-refractivity contribution in [2.45, 2.75) is 57.1 Å². The van der Waals surface area contributed by atoms with Gasteiger partial charge in [-0.25, -0.2) is 4.79 Å². The van der Waals surface area contributed by atoms with Gasteiger partial charge in [-0.3, -0.25) is 9.59 Å². The van der Waals surface area contributed by atoms with E-state index in [1.807, 2.05) is 31.2 Å². The molecule has 0 radical (unpaired) electrons. The number of fused-ring (bicyclic) bond motifs is 1. The molecule has 7 nitrogen and oxygen atoms in total. The second-order valence-electron chi connectivity index (χ2n) is 8.08. The van der Waals surface area contributed by atoms with Crippen molar-refractivity contribution in [3.8, 4) is 11.8 Å². The Morgan fingerprint density at radius 1 is 1.13 bits per heavy atom. The van der Waals surface area contributed by atoms with E-state index in [1.54, 1.807) is 4.90 Å². The van der Waals surface area contributed by atoms with Gasteiger partial charge in [0.2, 0.25) is 0 Å². The molecule has 0 N–H and O–H groups in total. The van der Waals surface area contributed by atoms with Crippen molar-refractivity contribution in [1.82, 2.24) is 4.90 Å². The van der Waals surface area contributed by atoms with Crippen LogP contribution in [0.5, 0.6) is 0 Å². The summed E-state index contributed by atoms with van der Waals surface area (Å²) in [7, 11) is 2.66. The van der Waals surface area contributed by atoms with Crippen LogP contribution < -0.4 is 0 Å². The summed E-state index contributed by atoms with van der Waals surface area (Å²) in [5, 5.41) is 0. The Kier molecular flexibility index (Phi) is 7.21. The molecule has 3 unspecified atom stereocenters. The smallest absolute Gasteiger partial charge is 0.409 e. The number of hydrogen-bond acceptors (Lipinski definition) is 6. The number of rotatable bonds is 4. The van der Waals surface area contributed by atoms with E-state index in [0.29, 0.717) is 19.4 Å². The van der Waals surface area contributed by atoms with E-state index in [-0.39, 0.29) is 30.9 Å². The molecule has 1 heterocycles. The van der Waals surface area contributed by atoms with Gasteiger partial charge in [0.1, 0.15) is 0 Å². The molecule has 0 spiro atoms. The van der Waals surface area contributed by atoms with Crippen molar-refractivity contribution in [3.63, 3.8) is 0 Å². The van der Waals surface area contributed by atoms with Crippen molar-refractivity contribution in [3.05, 3.63) is 35.4 Å². The van der Waals surface area contributed by atoms with Crippen LogP contribution in [-0.2, 0) is 23.8 Å². The van der Waals surface area contributed by atoms with Crippen LogP contribution in [0.15, 0.2) is 24.3 Å². The highest BCUT2D eigenvalue weighted by Crippen LogP contribution is 2.45. The van der Waals surface area contributed by atoms with Gasteiger partial charge in [-0.15, -0.1) is 0 Å². The van der Waals surface area contributed by atoms with E-state index in [9.17, 15) is 14.4 Å². The lowest BCUT2D eigenvalue weighted by Gasteiger charge is -2.42. The first kappa shape index (κ1) is 22.7. The second-order valence-corrected chi connectivity index (χ2v) is 8.08. The normalized spacial score (nSPS) is 24.4. The zero-order valence-corrected chi connectivity index (χ0v) is 18.3. The fourth-order valence-corrected chi connectivity index (χ4v) is 4.63. The number of esters is 2. The minimum absolute atomic E-state index is 0.0426. The zero-order chi connectivity index (χ0) is 22.4. The summed E-state index contributed by atoms with van der Waals surface area (Å²) >= 11 is 0. The standard InChI is InChI=1S/C24H29NO6/c1-17-6-4-7-18(16-17)11-14-24(31-22(27)10-9-21(26)29-2)13-5-8-20-19(24)12-15-25(20)23(28)30-3/h4,6-7,16,19-20H,5,8-10,12-13,15H2,1-3H3. The number of hydrogen-bond donors (Lipinski definition) is 0. The molecule has 1 aromatic rings. The van der Waals surface area contributed by atoms with Crippen molar-refractivity contribution in [2.24, 2.45) is 5.92 Å². The Balaban J connectivity index is 1.90. The van der Waals surface area contributed by atoms with E-state index < -0.39 is 17.5 Å². The molecule has 7 heteroatoms. The molecule has 0 bridgehead atoms. The van der Waals surface area contributed by atoms with E-state index in [4.69, 9.17) is 9.47 Å². The SMILES string of the molecule is COC(=O)CCC(=O)OC1(C#Cc2cccc(C)c2)CCCC2C1CCN2C(=O)OC. The fraction of sp³-hybridized carbons (Fsp3) is 0.542. The number of methoxy groups -OCH3 is 2. The molecule has 3 atom stereocenters. The van der Waals surface area contributed by atoms with Crippen molar-refractivity contribution >= 4 is 18.0 Å². The first-order chi connectivity index (χ1) is 14.9. The molecule has 1 aliphatic carbocycles. The molecule has 2 fully saturated rings. The van der Waals surface area contributed by atoms with E-state index >= 15 is 0 Å². The monoisotopic (exact) mass is 427 g/mol. The van der Waals surface area contributed by atoms with Gasteiger partial charge in [0.15, 0.2) is 5.60 Å². The van der Waals surface area contributed by atoms with E-state index in [1.165, 1.54) is 14.2 Å². The Morgan fingerprint density at radius 2 is 1.90 bits per heavy atom. The quantitative estimate of drug-likeness (QED) is 0.417. The van der Waals surface area contributed by atoms with Crippen LogP contribution in [0.25, 0.3) is 0 Å². The van der Waals surface area contributed by atoms with Gasteiger partial charge >= 0.3 is 18.0 Å². The number of carbonyl (C=O) groups is 3.